The Balaban J connectivity index is 2.14. The maximum Gasteiger partial charge on any atom is 0.0619 e. The maximum atomic E-state index is 5.43. The van der Waals surface area contributed by atoms with Crippen LogP contribution in [0.3, 0.4) is 0 Å². The van der Waals surface area contributed by atoms with Gasteiger partial charge in [-0.2, -0.15) is 0 Å². The summed E-state index contributed by atoms with van der Waals surface area (Å²) in [6, 6.07) is 1.23. The molecule has 0 amide bonds. The van der Waals surface area contributed by atoms with Crippen LogP contribution in [0.1, 0.15) is 40.0 Å². The second kappa shape index (κ2) is 5.61. The van der Waals surface area contributed by atoms with Gasteiger partial charge in [-0.05, 0) is 32.1 Å². The minimum atomic E-state index is 0.600. The van der Waals surface area contributed by atoms with Crippen molar-refractivity contribution >= 4 is 0 Å². The van der Waals surface area contributed by atoms with E-state index < -0.39 is 0 Å². The molecule has 1 N–H and O–H groups in total. The highest BCUT2D eigenvalue weighted by atomic mass is 16.5. The number of rotatable bonds is 4. The first-order valence-electron chi connectivity index (χ1n) is 5.52. The SMILES string of the molecule is CC(C)CC(C)NC1CCCOC1. The molecule has 0 spiro atoms. The lowest BCUT2D eigenvalue weighted by atomic mass is 10.0. The van der Waals surface area contributed by atoms with Crippen molar-refractivity contribution in [1.29, 1.82) is 0 Å². The van der Waals surface area contributed by atoms with Crippen LogP contribution in [0, 0.1) is 5.92 Å². The Labute approximate surface area is 82.0 Å². The summed E-state index contributed by atoms with van der Waals surface area (Å²) in [6.07, 6.45) is 3.75. The highest BCUT2D eigenvalue weighted by Gasteiger charge is 2.15. The van der Waals surface area contributed by atoms with Gasteiger partial charge in [0.25, 0.3) is 0 Å². The maximum absolute atomic E-state index is 5.43. The number of hydrogen-bond acceptors (Lipinski definition) is 2. The minimum Gasteiger partial charge on any atom is -0.380 e. The Morgan fingerprint density at radius 1 is 1.38 bits per heavy atom. The van der Waals surface area contributed by atoms with Gasteiger partial charge in [-0.15, -0.1) is 0 Å². The van der Waals surface area contributed by atoms with Gasteiger partial charge >= 0.3 is 0 Å². The molecule has 78 valence electrons. The molecule has 0 saturated carbocycles. The second-order valence-electron chi connectivity index (χ2n) is 4.61. The summed E-state index contributed by atoms with van der Waals surface area (Å²) in [5.41, 5.74) is 0. The van der Waals surface area contributed by atoms with E-state index in [1.807, 2.05) is 0 Å². The van der Waals surface area contributed by atoms with Crippen molar-refractivity contribution in [2.45, 2.75) is 52.1 Å². The van der Waals surface area contributed by atoms with Crippen molar-refractivity contribution in [3.8, 4) is 0 Å². The van der Waals surface area contributed by atoms with E-state index in [1.54, 1.807) is 0 Å². The van der Waals surface area contributed by atoms with Crippen LogP contribution < -0.4 is 5.32 Å². The van der Waals surface area contributed by atoms with E-state index in [0.29, 0.717) is 12.1 Å². The molecule has 1 rings (SSSR count). The van der Waals surface area contributed by atoms with E-state index in [9.17, 15) is 0 Å². The molecule has 1 aliphatic rings. The van der Waals surface area contributed by atoms with E-state index in [1.165, 1.54) is 19.3 Å². The van der Waals surface area contributed by atoms with Crippen LogP contribution in [-0.2, 0) is 4.74 Å². The summed E-state index contributed by atoms with van der Waals surface area (Å²) in [7, 11) is 0. The summed E-state index contributed by atoms with van der Waals surface area (Å²) < 4.78 is 5.43. The first-order chi connectivity index (χ1) is 6.18. The van der Waals surface area contributed by atoms with Gasteiger partial charge in [0, 0.05) is 18.7 Å². The van der Waals surface area contributed by atoms with Crippen molar-refractivity contribution in [3.63, 3.8) is 0 Å². The molecule has 2 heteroatoms. The van der Waals surface area contributed by atoms with Gasteiger partial charge in [-0.25, -0.2) is 0 Å². The molecule has 0 aliphatic carbocycles. The van der Waals surface area contributed by atoms with Crippen LogP contribution in [0.15, 0.2) is 0 Å². The Hall–Kier alpha value is -0.0800. The highest BCUT2D eigenvalue weighted by Crippen LogP contribution is 2.10. The zero-order valence-electron chi connectivity index (χ0n) is 9.18. The van der Waals surface area contributed by atoms with Gasteiger partial charge in [0.15, 0.2) is 0 Å². The Kier molecular flexibility index (Phi) is 4.74. The van der Waals surface area contributed by atoms with Crippen LogP contribution in [0.2, 0.25) is 0 Å². The monoisotopic (exact) mass is 185 g/mol. The fourth-order valence-corrected chi connectivity index (χ4v) is 2.05. The summed E-state index contributed by atoms with van der Waals surface area (Å²) in [6.45, 7) is 8.68. The third kappa shape index (κ3) is 4.63. The van der Waals surface area contributed by atoms with Crippen molar-refractivity contribution in [2.75, 3.05) is 13.2 Å². The third-order valence-corrected chi connectivity index (χ3v) is 2.51. The first kappa shape index (κ1) is 11.0. The summed E-state index contributed by atoms with van der Waals surface area (Å²) in [4.78, 5) is 0. The summed E-state index contributed by atoms with van der Waals surface area (Å²) in [5.74, 6) is 0.784. The van der Waals surface area contributed by atoms with E-state index in [2.05, 4.69) is 26.1 Å². The third-order valence-electron chi connectivity index (χ3n) is 2.51. The van der Waals surface area contributed by atoms with Crippen molar-refractivity contribution in [2.24, 2.45) is 5.92 Å². The molecular weight excluding hydrogens is 162 g/mol. The van der Waals surface area contributed by atoms with E-state index in [-0.39, 0.29) is 0 Å². The van der Waals surface area contributed by atoms with Gasteiger partial charge in [0.05, 0.1) is 6.61 Å². The fourth-order valence-electron chi connectivity index (χ4n) is 2.05. The van der Waals surface area contributed by atoms with Crippen LogP contribution in [0.5, 0.6) is 0 Å². The average Bonchev–Trinajstić information content (AvgIpc) is 2.04. The number of hydrogen-bond donors (Lipinski definition) is 1. The molecule has 0 bridgehead atoms. The molecule has 1 saturated heterocycles. The van der Waals surface area contributed by atoms with Crippen LogP contribution >= 0.6 is 0 Å². The molecule has 2 atom stereocenters. The number of nitrogens with one attached hydrogen (secondary N) is 1. The zero-order valence-corrected chi connectivity index (χ0v) is 9.18. The average molecular weight is 185 g/mol. The van der Waals surface area contributed by atoms with Gasteiger partial charge in [-0.3, -0.25) is 0 Å². The molecule has 0 aromatic heterocycles. The standard InChI is InChI=1S/C11H23NO/c1-9(2)7-10(3)12-11-5-4-6-13-8-11/h9-12H,4-8H2,1-3H3. The van der Waals surface area contributed by atoms with Gasteiger partial charge < -0.3 is 10.1 Å². The van der Waals surface area contributed by atoms with Crippen LogP contribution in [-0.4, -0.2) is 25.3 Å². The lowest BCUT2D eigenvalue weighted by Gasteiger charge is -2.27. The molecule has 0 aromatic rings. The molecule has 0 aromatic carbocycles. The van der Waals surface area contributed by atoms with E-state index in [0.717, 1.165) is 19.1 Å². The Bertz CT molecular complexity index is 130. The summed E-state index contributed by atoms with van der Waals surface area (Å²) in [5, 5.41) is 3.63. The molecule has 1 heterocycles. The quantitative estimate of drug-likeness (QED) is 0.725. The fraction of sp³-hybridized carbons (Fsp3) is 1.00. The predicted octanol–water partition coefficient (Wildman–Crippen LogP) is 2.19. The van der Waals surface area contributed by atoms with Gasteiger partial charge in [-0.1, -0.05) is 13.8 Å². The van der Waals surface area contributed by atoms with Gasteiger partial charge in [0.1, 0.15) is 0 Å². The van der Waals surface area contributed by atoms with Crippen molar-refractivity contribution in [3.05, 3.63) is 0 Å². The highest BCUT2D eigenvalue weighted by molar-refractivity contribution is 4.74. The lowest BCUT2D eigenvalue weighted by molar-refractivity contribution is 0.0661. The molecular formula is C11H23NO. The Morgan fingerprint density at radius 3 is 2.69 bits per heavy atom. The molecule has 2 unspecified atom stereocenters. The van der Waals surface area contributed by atoms with Gasteiger partial charge in [0.2, 0.25) is 0 Å². The topological polar surface area (TPSA) is 21.3 Å². The van der Waals surface area contributed by atoms with E-state index in [4.69, 9.17) is 4.74 Å². The molecule has 0 radical (unpaired) electrons. The van der Waals surface area contributed by atoms with Crippen molar-refractivity contribution < 1.29 is 4.74 Å². The van der Waals surface area contributed by atoms with Crippen LogP contribution in [0.4, 0.5) is 0 Å². The van der Waals surface area contributed by atoms with Crippen LogP contribution in [0.25, 0.3) is 0 Å². The first-order valence-corrected chi connectivity index (χ1v) is 5.52. The molecule has 2 nitrogen and oxygen atoms in total. The van der Waals surface area contributed by atoms with E-state index >= 15 is 0 Å². The smallest absolute Gasteiger partial charge is 0.0619 e. The number of ether oxygens (including phenoxy) is 1. The largest absolute Gasteiger partial charge is 0.380 e. The Morgan fingerprint density at radius 2 is 2.15 bits per heavy atom. The molecule has 13 heavy (non-hydrogen) atoms. The minimum absolute atomic E-state index is 0.600. The normalized spacial score (nSPS) is 26.3. The second-order valence-corrected chi connectivity index (χ2v) is 4.61. The lowest BCUT2D eigenvalue weighted by Crippen LogP contribution is -2.42. The molecule has 1 fully saturated rings. The predicted molar refractivity (Wildman–Crippen MR) is 55.9 cm³/mol. The molecule has 1 aliphatic heterocycles. The van der Waals surface area contributed by atoms with Crippen molar-refractivity contribution in [1.82, 2.24) is 5.32 Å². The summed E-state index contributed by atoms with van der Waals surface area (Å²) >= 11 is 0. The zero-order chi connectivity index (χ0) is 9.68.